The average Bonchev–Trinajstić information content (AvgIpc) is 2.73. The molecule has 94 valence electrons. The molecule has 0 unspecified atom stereocenters. The summed E-state index contributed by atoms with van der Waals surface area (Å²) in [4.78, 5) is 11.2. The first-order chi connectivity index (χ1) is 7.89. The zero-order chi connectivity index (χ0) is 12.6. The van der Waals surface area contributed by atoms with E-state index >= 15 is 0 Å². The van der Waals surface area contributed by atoms with Crippen LogP contribution in [0, 0.1) is 0 Å². The van der Waals surface area contributed by atoms with Crippen molar-refractivity contribution in [2.75, 3.05) is 18.0 Å². The van der Waals surface area contributed by atoms with Gasteiger partial charge in [-0.05, 0) is 28.8 Å². The Morgan fingerprint density at radius 3 is 2.29 bits per heavy atom. The van der Waals surface area contributed by atoms with Gasteiger partial charge in [-0.3, -0.25) is 0 Å². The first-order valence-electron chi connectivity index (χ1n) is 5.88. The molecule has 0 aromatic carbocycles. The van der Waals surface area contributed by atoms with Crippen molar-refractivity contribution in [2.24, 2.45) is 0 Å². The summed E-state index contributed by atoms with van der Waals surface area (Å²) in [5, 5.41) is 0.506. The van der Waals surface area contributed by atoms with E-state index in [2.05, 4.69) is 51.6 Å². The van der Waals surface area contributed by atoms with Crippen molar-refractivity contribution in [3.63, 3.8) is 0 Å². The largest absolute Gasteiger partial charge is 0.341 e. The fourth-order valence-electron chi connectivity index (χ4n) is 1.96. The van der Waals surface area contributed by atoms with Gasteiger partial charge in [-0.1, -0.05) is 32.4 Å². The van der Waals surface area contributed by atoms with Crippen molar-refractivity contribution in [1.82, 2.24) is 9.97 Å². The highest BCUT2D eigenvalue weighted by molar-refractivity contribution is 9.10. The Bertz CT molecular complexity index is 422. The van der Waals surface area contributed by atoms with Crippen LogP contribution in [-0.2, 0) is 5.41 Å². The van der Waals surface area contributed by atoms with Crippen LogP contribution in [-0.4, -0.2) is 23.1 Å². The summed E-state index contributed by atoms with van der Waals surface area (Å²) < 4.78 is 0.814. The summed E-state index contributed by atoms with van der Waals surface area (Å²) in [5.74, 6) is 0.764. The van der Waals surface area contributed by atoms with E-state index in [0.717, 1.165) is 29.2 Å². The van der Waals surface area contributed by atoms with Gasteiger partial charge in [0, 0.05) is 18.5 Å². The van der Waals surface area contributed by atoms with Crippen LogP contribution in [0.15, 0.2) is 4.47 Å². The molecule has 0 radical (unpaired) electrons. The second kappa shape index (κ2) is 4.73. The molecule has 5 heteroatoms. The van der Waals surface area contributed by atoms with Crippen LogP contribution in [0.2, 0.25) is 5.15 Å². The summed E-state index contributed by atoms with van der Waals surface area (Å²) in [7, 11) is 0. The Morgan fingerprint density at radius 1 is 1.18 bits per heavy atom. The second-order valence-electron chi connectivity index (χ2n) is 5.42. The summed E-state index contributed by atoms with van der Waals surface area (Å²) >= 11 is 9.66. The predicted molar refractivity (Wildman–Crippen MR) is 74.9 cm³/mol. The zero-order valence-electron chi connectivity index (χ0n) is 10.4. The zero-order valence-corrected chi connectivity index (χ0v) is 12.8. The monoisotopic (exact) mass is 317 g/mol. The van der Waals surface area contributed by atoms with Crippen LogP contribution < -0.4 is 4.90 Å². The first kappa shape index (κ1) is 13.1. The van der Waals surface area contributed by atoms with Crippen LogP contribution in [0.3, 0.4) is 0 Å². The number of aromatic nitrogens is 2. The first-order valence-corrected chi connectivity index (χ1v) is 7.05. The summed E-state index contributed by atoms with van der Waals surface area (Å²) in [6, 6.07) is 0. The van der Waals surface area contributed by atoms with Crippen molar-refractivity contribution in [3.05, 3.63) is 15.3 Å². The number of anilines is 1. The Morgan fingerprint density at radius 2 is 1.76 bits per heavy atom. The molecule has 0 aliphatic carbocycles. The van der Waals surface area contributed by atoms with Gasteiger partial charge in [-0.25, -0.2) is 4.98 Å². The third-order valence-electron chi connectivity index (χ3n) is 2.90. The summed E-state index contributed by atoms with van der Waals surface area (Å²) in [5.41, 5.74) is 0.930. The fraction of sp³-hybridized carbons (Fsp3) is 0.667. The summed E-state index contributed by atoms with van der Waals surface area (Å²) in [6.07, 6.45) is 2.42. The molecule has 1 fully saturated rings. The molecule has 1 saturated heterocycles. The maximum absolute atomic E-state index is 6.18. The molecule has 0 amide bonds. The minimum absolute atomic E-state index is 0.0418. The van der Waals surface area contributed by atoms with Gasteiger partial charge in [-0.15, -0.1) is 0 Å². The molecule has 1 aromatic rings. The molecule has 2 rings (SSSR count). The van der Waals surface area contributed by atoms with Crippen molar-refractivity contribution < 1.29 is 0 Å². The van der Waals surface area contributed by atoms with Gasteiger partial charge in [-0.2, -0.15) is 4.98 Å². The van der Waals surface area contributed by atoms with Crippen LogP contribution in [0.5, 0.6) is 0 Å². The van der Waals surface area contributed by atoms with Gasteiger partial charge in [0.05, 0.1) is 10.2 Å². The molecule has 0 atom stereocenters. The number of hydrogen-bond acceptors (Lipinski definition) is 3. The molecule has 0 spiro atoms. The van der Waals surface area contributed by atoms with E-state index in [-0.39, 0.29) is 5.41 Å². The van der Waals surface area contributed by atoms with E-state index in [1.165, 1.54) is 12.8 Å². The van der Waals surface area contributed by atoms with E-state index in [1.54, 1.807) is 0 Å². The Hall–Kier alpha value is -0.350. The minimum Gasteiger partial charge on any atom is -0.341 e. The molecule has 1 aromatic heterocycles. The van der Waals surface area contributed by atoms with Gasteiger partial charge in [0.15, 0.2) is 0 Å². The molecule has 3 nitrogen and oxygen atoms in total. The van der Waals surface area contributed by atoms with Gasteiger partial charge in [0.25, 0.3) is 0 Å². The maximum atomic E-state index is 6.18. The van der Waals surface area contributed by atoms with Crippen LogP contribution in [0.25, 0.3) is 0 Å². The van der Waals surface area contributed by atoms with Gasteiger partial charge in [0.2, 0.25) is 5.95 Å². The third-order valence-corrected chi connectivity index (χ3v) is 4.15. The molecular weight excluding hydrogens is 302 g/mol. The van der Waals surface area contributed by atoms with Crippen LogP contribution in [0.4, 0.5) is 5.95 Å². The number of hydrogen-bond donors (Lipinski definition) is 0. The van der Waals surface area contributed by atoms with Crippen molar-refractivity contribution in [3.8, 4) is 0 Å². The number of rotatable bonds is 1. The minimum atomic E-state index is -0.0418. The highest BCUT2D eigenvalue weighted by Gasteiger charge is 2.25. The topological polar surface area (TPSA) is 29.0 Å². The predicted octanol–water partition coefficient (Wildman–Crippen LogP) is 3.79. The highest BCUT2D eigenvalue weighted by Crippen LogP contribution is 2.34. The SMILES string of the molecule is CC(C)(C)c1nc(N2CCCC2)nc(Cl)c1Br. The smallest absolute Gasteiger partial charge is 0.227 e. The van der Waals surface area contributed by atoms with E-state index in [0.29, 0.717) is 5.15 Å². The lowest BCUT2D eigenvalue weighted by Crippen LogP contribution is -2.24. The van der Waals surface area contributed by atoms with E-state index < -0.39 is 0 Å². The molecule has 17 heavy (non-hydrogen) atoms. The molecule has 2 heterocycles. The lowest BCUT2D eigenvalue weighted by molar-refractivity contribution is 0.562. The maximum Gasteiger partial charge on any atom is 0.227 e. The quantitative estimate of drug-likeness (QED) is 0.738. The van der Waals surface area contributed by atoms with Crippen LogP contribution in [0.1, 0.15) is 39.3 Å². The molecule has 0 bridgehead atoms. The third kappa shape index (κ3) is 2.74. The summed E-state index contributed by atoms with van der Waals surface area (Å²) in [6.45, 7) is 8.45. The lowest BCUT2D eigenvalue weighted by Gasteiger charge is -2.23. The fourth-order valence-corrected chi connectivity index (χ4v) is 2.90. The normalized spacial score (nSPS) is 16.6. The van der Waals surface area contributed by atoms with Gasteiger partial charge >= 0.3 is 0 Å². The van der Waals surface area contributed by atoms with E-state index in [1.807, 2.05) is 0 Å². The van der Waals surface area contributed by atoms with Gasteiger partial charge in [0.1, 0.15) is 5.15 Å². The van der Waals surface area contributed by atoms with Crippen molar-refractivity contribution >= 4 is 33.5 Å². The van der Waals surface area contributed by atoms with E-state index in [4.69, 9.17) is 11.6 Å². The standard InChI is InChI=1S/C12H17BrClN3/c1-12(2,3)9-8(13)10(14)16-11(15-9)17-6-4-5-7-17/h4-7H2,1-3H3. The number of nitrogens with zero attached hydrogens (tertiary/aromatic N) is 3. The molecular formula is C12H17BrClN3. The molecule has 0 saturated carbocycles. The van der Waals surface area contributed by atoms with E-state index in [9.17, 15) is 0 Å². The Labute approximate surface area is 116 Å². The van der Waals surface area contributed by atoms with Crippen molar-refractivity contribution in [2.45, 2.75) is 39.0 Å². The molecule has 1 aliphatic rings. The molecule has 1 aliphatic heterocycles. The van der Waals surface area contributed by atoms with Gasteiger partial charge < -0.3 is 4.90 Å². The highest BCUT2D eigenvalue weighted by atomic mass is 79.9. The second-order valence-corrected chi connectivity index (χ2v) is 6.57. The molecule has 0 N–H and O–H groups in total. The lowest BCUT2D eigenvalue weighted by atomic mass is 9.92. The Kier molecular flexibility index (Phi) is 3.64. The van der Waals surface area contributed by atoms with Crippen molar-refractivity contribution in [1.29, 1.82) is 0 Å². The number of halogens is 2. The van der Waals surface area contributed by atoms with Crippen LogP contribution >= 0.6 is 27.5 Å². The average molecular weight is 319 g/mol. The Balaban J connectivity index is 2.45.